The largest absolute Gasteiger partial charge is 0.398 e. The smallest absolute Gasteiger partial charge is 0.243 e. The maximum absolute atomic E-state index is 12.4. The summed E-state index contributed by atoms with van der Waals surface area (Å²) in [5, 5.41) is 0.247. The third kappa shape index (κ3) is 2.47. The van der Waals surface area contributed by atoms with Crippen LogP contribution in [0.15, 0.2) is 23.1 Å². The zero-order valence-corrected chi connectivity index (χ0v) is 11.5. The van der Waals surface area contributed by atoms with Gasteiger partial charge in [-0.25, -0.2) is 8.42 Å². The Balaban J connectivity index is 2.37. The molecule has 1 heterocycles. The van der Waals surface area contributed by atoms with Crippen molar-refractivity contribution in [1.82, 2.24) is 4.31 Å². The van der Waals surface area contributed by atoms with Crippen molar-refractivity contribution in [1.29, 1.82) is 0 Å². The van der Waals surface area contributed by atoms with Gasteiger partial charge in [0.25, 0.3) is 0 Å². The molecule has 0 aromatic heterocycles. The van der Waals surface area contributed by atoms with Gasteiger partial charge in [-0.15, -0.1) is 0 Å². The van der Waals surface area contributed by atoms with Gasteiger partial charge in [0.05, 0.1) is 28.8 Å². The minimum atomic E-state index is -3.54. The van der Waals surface area contributed by atoms with Crippen molar-refractivity contribution in [2.75, 3.05) is 25.5 Å². The van der Waals surface area contributed by atoms with Gasteiger partial charge in [0, 0.05) is 12.6 Å². The lowest BCUT2D eigenvalue weighted by molar-refractivity contribution is 0.0393. The van der Waals surface area contributed by atoms with E-state index in [1.165, 1.54) is 22.5 Å². The summed E-state index contributed by atoms with van der Waals surface area (Å²) in [7, 11) is -3.54. The zero-order chi connectivity index (χ0) is 13.3. The van der Waals surface area contributed by atoms with Gasteiger partial charge < -0.3 is 10.5 Å². The van der Waals surface area contributed by atoms with Crippen molar-refractivity contribution in [2.45, 2.75) is 17.9 Å². The Morgan fingerprint density at radius 2 is 2.22 bits per heavy atom. The lowest BCUT2D eigenvalue weighted by Crippen LogP contribution is -2.46. The molecule has 0 bridgehead atoms. The van der Waals surface area contributed by atoms with Crippen molar-refractivity contribution < 1.29 is 13.2 Å². The molecular formula is C11H15ClN2O3S. The van der Waals surface area contributed by atoms with Gasteiger partial charge in [-0.05, 0) is 25.1 Å². The summed E-state index contributed by atoms with van der Waals surface area (Å²) in [6.45, 7) is 2.98. The molecule has 1 saturated heterocycles. The molecule has 1 aliphatic heterocycles. The molecule has 1 aromatic rings. The molecule has 1 fully saturated rings. The molecule has 100 valence electrons. The molecule has 2 N–H and O–H groups in total. The van der Waals surface area contributed by atoms with Crippen LogP contribution in [0.5, 0.6) is 0 Å². The van der Waals surface area contributed by atoms with Gasteiger partial charge in [0.15, 0.2) is 0 Å². The van der Waals surface area contributed by atoms with Gasteiger partial charge in [0.1, 0.15) is 0 Å². The van der Waals surface area contributed by atoms with E-state index in [4.69, 9.17) is 22.1 Å². The van der Waals surface area contributed by atoms with Crippen molar-refractivity contribution in [2.24, 2.45) is 0 Å². The van der Waals surface area contributed by atoms with Gasteiger partial charge >= 0.3 is 0 Å². The number of sulfonamides is 1. The minimum absolute atomic E-state index is 0.162. The Hall–Kier alpha value is -0.820. The van der Waals surface area contributed by atoms with Crippen LogP contribution in [-0.2, 0) is 14.8 Å². The van der Waals surface area contributed by atoms with Crippen LogP contribution < -0.4 is 5.73 Å². The van der Waals surface area contributed by atoms with Crippen molar-refractivity contribution in [3.05, 3.63) is 23.2 Å². The first-order valence-corrected chi connectivity index (χ1v) is 7.39. The number of hydrogen-bond acceptors (Lipinski definition) is 4. The number of nitrogen functional groups attached to an aromatic ring is 1. The third-order valence-electron chi connectivity index (χ3n) is 2.89. The van der Waals surface area contributed by atoms with E-state index in [0.29, 0.717) is 25.4 Å². The fourth-order valence-corrected chi connectivity index (χ4v) is 3.75. The fourth-order valence-electron chi connectivity index (χ4n) is 1.87. The quantitative estimate of drug-likeness (QED) is 0.834. The number of ether oxygens (including phenoxy) is 1. The predicted molar refractivity (Wildman–Crippen MR) is 70.0 cm³/mol. The highest BCUT2D eigenvalue weighted by atomic mass is 35.5. The van der Waals surface area contributed by atoms with Gasteiger partial charge in [-0.1, -0.05) is 11.6 Å². The van der Waals surface area contributed by atoms with Crippen LogP contribution >= 0.6 is 11.6 Å². The second kappa shape index (κ2) is 5.05. The van der Waals surface area contributed by atoms with Crippen LogP contribution in [-0.4, -0.2) is 38.5 Å². The molecule has 0 spiro atoms. The predicted octanol–water partition coefficient (Wildman–Crippen LogP) is 1.33. The lowest BCUT2D eigenvalue weighted by Gasteiger charge is -2.32. The van der Waals surface area contributed by atoms with Gasteiger partial charge in [0.2, 0.25) is 10.0 Å². The minimum Gasteiger partial charge on any atom is -0.398 e. The van der Waals surface area contributed by atoms with Gasteiger partial charge in [-0.3, -0.25) is 0 Å². The number of hydrogen-bond donors (Lipinski definition) is 1. The Kier molecular flexibility index (Phi) is 3.82. The van der Waals surface area contributed by atoms with E-state index in [0.717, 1.165) is 0 Å². The summed E-state index contributed by atoms with van der Waals surface area (Å²) < 4.78 is 31.5. The highest BCUT2D eigenvalue weighted by Crippen LogP contribution is 2.26. The number of rotatable bonds is 2. The van der Waals surface area contributed by atoms with E-state index in [1.54, 1.807) is 0 Å². The summed E-state index contributed by atoms with van der Waals surface area (Å²) in [6, 6.07) is 4.17. The monoisotopic (exact) mass is 290 g/mol. The molecule has 2 rings (SSSR count). The summed E-state index contributed by atoms with van der Waals surface area (Å²) in [5.74, 6) is 0. The van der Waals surface area contributed by atoms with Crippen LogP contribution in [0.2, 0.25) is 5.02 Å². The highest BCUT2D eigenvalue weighted by Gasteiger charge is 2.31. The first kappa shape index (κ1) is 13.6. The van der Waals surface area contributed by atoms with Crippen LogP contribution in [0.1, 0.15) is 6.92 Å². The maximum Gasteiger partial charge on any atom is 0.243 e. The molecule has 0 amide bonds. The van der Waals surface area contributed by atoms with E-state index in [1.807, 2.05) is 6.92 Å². The second-order valence-electron chi connectivity index (χ2n) is 4.22. The molecule has 1 atom stereocenters. The number of morpholine rings is 1. The Morgan fingerprint density at radius 3 is 2.83 bits per heavy atom. The molecule has 7 heteroatoms. The van der Waals surface area contributed by atoms with Crippen LogP contribution in [0.4, 0.5) is 5.69 Å². The lowest BCUT2D eigenvalue weighted by atomic mass is 10.3. The number of benzene rings is 1. The average Bonchev–Trinajstić information content (AvgIpc) is 2.33. The van der Waals surface area contributed by atoms with E-state index in [-0.39, 0.29) is 16.0 Å². The molecule has 1 aromatic carbocycles. The first-order chi connectivity index (χ1) is 8.43. The van der Waals surface area contributed by atoms with E-state index in [2.05, 4.69) is 0 Å². The Morgan fingerprint density at radius 1 is 1.50 bits per heavy atom. The summed E-state index contributed by atoms with van der Waals surface area (Å²) in [6.07, 6.45) is 0. The van der Waals surface area contributed by atoms with Crippen LogP contribution in [0, 0.1) is 0 Å². The Bertz CT molecular complexity index is 547. The molecule has 1 aliphatic rings. The zero-order valence-electron chi connectivity index (χ0n) is 9.97. The normalized spacial score (nSPS) is 22.0. The van der Waals surface area contributed by atoms with Crippen molar-refractivity contribution >= 4 is 27.3 Å². The molecule has 1 unspecified atom stereocenters. The maximum atomic E-state index is 12.4. The summed E-state index contributed by atoms with van der Waals surface area (Å²) in [5.41, 5.74) is 5.94. The average molecular weight is 291 g/mol. The van der Waals surface area contributed by atoms with E-state index < -0.39 is 10.0 Å². The molecule has 0 saturated carbocycles. The van der Waals surface area contributed by atoms with Crippen molar-refractivity contribution in [3.63, 3.8) is 0 Å². The first-order valence-electron chi connectivity index (χ1n) is 5.57. The number of nitrogens with two attached hydrogens (primary N) is 1. The number of anilines is 1. The van der Waals surface area contributed by atoms with Crippen molar-refractivity contribution in [3.8, 4) is 0 Å². The SMILES string of the molecule is CC1COCCN1S(=O)(=O)c1ccc(N)c(Cl)c1. The molecule has 0 aliphatic carbocycles. The van der Waals surface area contributed by atoms with E-state index in [9.17, 15) is 8.42 Å². The fraction of sp³-hybridized carbons (Fsp3) is 0.455. The van der Waals surface area contributed by atoms with Crippen LogP contribution in [0.25, 0.3) is 0 Å². The van der Waals surface area contributed by atoms with Crippen LogP contribution in [0.3, 0.4) is 0 Å². The van der Waals surface area contributed by atoms with E-state index >= 15 is 0 Å². The Labute approximate surface area is 112 Å². The standard InChI is InChI=1S/C11H15ClN2O3S/c1-8-7-17-5-4-14(8)18(15,16)9-2-3-11(13)10(12)6-9/h2-3,6,8H,4-5,7,13H2,1H3. The molecule has 5 nitrogen and oxygen atoms in total. The second-order valence-corrected chi connectivity index (χ2v) is 6.52. The molecule has 18 heavy (non-hydrogen) atoms. The summed E-state index contributed by atoms with van der Waals surface area (Å²) >= 11 is 5.86. The number of nitrogens with zero attached hydrogens (tertiary/aromatic N) is 1. The number of halogens is 1. The third-order valence-corrected chi connectivity index (χ3v) is 5.22. The highest BCUT2D eigenvalue weighted by molar-refractivity contribution is 7.89. The summed E-state index contributed by atoms with van der Waals surface area (Å²) in [4.78, 5) is 0.162. The molecular weight excluding hydrogens is 276 g/mol. The van der Waals surface area contributed by atoms with Gasteiger partial charge in [-0.2, -0.15) is 4.31 Å². The molecule has 0 radical (unpaired) electrons. The topological polar surface area (TPSA) is 72.6 Å².